The maximum atomic E-state index is 11.3. The van der Waals surface area contributed by atoms with Gasteiger partial charge in [-0.2, -0.15) is 0 Å². The van der Waals surface area contributed by atoms with Gasteiger partial charge in [-0.15, -0.1) is 0 Å². The van der Waals surface area contributed by atoms with Gasteiger partial charge < -0.3 is 10.4 Å². The number of likely N-dealkylation sites (N-methyl/N-ethyl adjacent to an activating group) is 1. The monoisotopic (exact) mass is 226 g/mol. The summed E-state index contributed by atoms with van der Waals surface area (Å²) in [4.78, 5) is 13.7. The summed E-state index contributed by atoms with van der Waals surface area (Å²) < 4.78 is 0. The molecule has 0 aromatic rings. The molecule has 1 aliphatic carbocycles. The number of carbonyl (C=O) groups is 1. The van der Waals surface area contributed by atoms with Gasteiger partial charge in [-0.3, -0.25) is 9.69 Å². The largest absolute Gasteiger partial charge is 0.480 e. The van der Waals surface area contributed by atoms with E-state index in [1.807, 2.05) is 6.92 Å². The highest BCUT2D eigenvalue weighted by atomic mass is 16.4. The first-order valence-electron chi connectivity index (χ1n) is 6.27. The van der Waals surface area contributed by atoms with E-state index in [9.17, 15) is 9.90 Å². The molecule has 1 aliphatic heterocycles. The van der Waals surface area contributed by atoms with E-state index in [2.05, 4.69) is 10.2 Å². The molecule has 1 saturated heterocycles. The molecule has 92 valence electrons. The molecule has 2 rings (SSSR count). The van der Waals surface area contributed by atoms with Gasteiger partial charge in [0.05, 0.1) is 0 Å². The maximum absolute atomic E-state index is 11.3. The van der Waals surface area contributed by atoms with E-state index in [4.69, 9.17) is 0 Å². The number of nitrogens with zero attached hydrogens (tertiary/aromatic N) is 1. The summed E-state index contributed by atoms with van der Waals surface area (Å²) >= 11 is 0. The van der Waals surface area contributed by atoms with Crippen molar-refractivity contribution < 1.29 is 9.90 Å². The van der Waals surface area contributed by atoms with Crippen molar-refractivity contribution in [3.8, 4) is 0 Å². The Balaban J connectivity index is 1.98. The number of fused-ring (bicyclic) bond motifs is 2. The fourth-order valence-electron chi connectivity index (χ4n) is 3.22. The lowest BCUT2D eigenvalue weighted by atomic mass is 10.00. The number of carboxylic acids is 1. The summed E-state index contributed by atoms with van der Waals surface area (Å²) in [5, 5.41) is 12.4. The lowest BCUT2D eigenvalue weighted by Crippen LogP contribution is -2.57. The fraction of sp³-hybridized carbons (Fsp3) is 0.917. The van der Waals surface area contributed by atoms with Crippen molar-refractivity contribution in [2.24, 2.45) is 5.92 Å². The molecule has 1 heterocycles. The molecule has 1 saturated carbocycles. The van der Waals surface area contributed by atoms with Crippen molar-refractivity contribution in [2.75, 3.05) is 19.6 Å². The van der Waals surface area contributed by atoms with Crippen LogP contribution in [0.2, 0.25) is 0 Å². The number of hydrogen-bond donors (Lipinski definition) is 2. The predicted molar refractivity (Wildman–Crippen MR) is 62.4 cm³/mol. The van der Waals surface area contributed by atoms with E-state index in [-0.39, 0.29) is 0 Å². The summed E-state index contributed by atoms with van der Waals surface area (Å²) in [5.41, 5.74) is -0.792. The van der Waals surface area contributed by atoms with Crippen LogP contribution < -0.4 is 5.32 Å². The Morgan fingerprint density at radius 2 is 2.31 bits per heavy atom. The number of rotatable bonds is 5. The summed E-state index contributed by atoms with van der Waals surface area (Å²) in [7, 11) is 0. The van der Waals surface area contributed by atoms with Crippen LogP contribution >= 0.6 is 0 Å². The Labute approximate surface area is 97.0 Å². The van der Waals surface area contributed by atoms with Gasteiger partial charge in [0, 0.05) is 19.1 Å². The predicted octanol–water partition coefficient (Wildman–Crippen LogP) is 0.923. The second-order valence-corrected chi connectivity index (χ2v) is 5.43. The van der Waals surface area contributed by atoms with E-state index in [0.29, 0.717) is 19.1 Å². The second-order valence-electron chi connectivity index (χ2n) is 5.43. The number of likely N-dealkylation sites (tertiary alicyclic amines) is 1. The maximum Gasteiger partial charge on any atom is 0.324 e. The Bertz CT molecular complexity index is 282. The number of hydrogen-bond acceptors (Lipinski definition) is 3. The molecule has 4 heteroatoms. The van der Waals surface area contributed by atoms with Gasteiger partial charge in [0.1, 0.15) is 5.54 Å². The minimum atomic E-state index is -0.792. The topological polar surface area (TPSA) is 52.6 Å². The molecule has 3 unspecified atom stereocenters. The van der Waals surface area contributed by atoms with Crippen LogP contribution in [-0.4, -0.2) is 47.2 Å². The van der Waals surface area contributed by atoms with Crippen molar-refractivity contribution in [1.82, 2.24) is 10.2 Å². The molecule has 2 bridgehead atoms. The first-order valence-corrected chi connectivity index (χ1v) is 6.27. The Kier molecular flexibility index (Phi) is 3.22. The van der Waals surface area contributed by atoms with Crippen LogP contribution in [0.15, 0.2) is 0 Å². The molecular formula is C12H22N2O2. The number of piperidine rings is 1. The molecule has 0 radical (unpaired) electrons. The standard InChI is InChI=1S/C12H22N2O2/c1-3-13-12(2,11(15)16)8-14-7-9-4-5-10(14)6-9/h9-10,13H,3-8H2,1-2H3,(H,15,16). The van der Waals surface area contributed by atoms with Crippen molar-refractivity contribution in [2.45, 2.75) is 44.7 Å². The number of aliphatic carboxylic acids is 1. The third kappa shape index (κ3) is 2.09. The van der Waals surface area contributed by atoms with E-state index in [1.165, 1.54) is 19.3 Å². The molecule has 3 atom stereocenters. The quantitative estimate of drug-likeness (QED) is 0.732. The molecule has 4 nitrogen and oxygen atoms in total. The molecule has 0 aromatic heterocycles. The molecule has 2 fully saturated rings. The Hall–Kier alpha value is -0.610. The van der Waals surface area contributed by atoms with Crippen LogP contribution in [-0.2, 0) is 4.79 Å². The van der Waals surface area contributed by atoms with Crippen LogP contribution in [0.3, 0.4) is 0 Å². The molecule has 0 aromatic carbocycles. The first kappa shape index (κ1) is 11.9. The SMILES string of the molecule is CCNC(C)(CN1CC2CCC1C2)C(=O)O. The second kappa shape index (κ2) is 4.34. The van der Waals surface area contributed by atoms with Gasteiger partial charge >= 0.3 is 5.97 Å². The smallest absolute Gasteiger partial charge is 0.324 e. The van der Waals surface area contributed by atoms with E-state index >= 15 is 0 Å². The molecule has 2 aliphatic rings. The van der Waals surface area contributed by atoms with Gasteiger partial charge in [0.15, 0.2) is 0 Å². The highest BCUT2D eigenvalue weighted by Gasteiger charge is 2.43. The average Bonchev–Trinajstić information content (AvgIpc) is 2.79. The molecule has 0 amide bonds. The number of nitrogens with one attached hydrogen (secondary N) is 1. The summed E-state index contributed by atoms with van der Waals surface area (Å²) in [5.74, 6) is 0.0850. The average molecular weight is 226 g/mol. The first-order chi connectivity index (χ1) is 7.55. The Morgan fingerprint density at radius 3 is 2.75 bits per heavy atom. The van der Waals surface area contributed by atoms with Crippen molar-refractivity contribution in [1.29, 1.82) is 0 Å². The molecule has 16 heavy (non-hydrogen) atoms. The molecular weight excluding hydrogens is 204 g/mol. The number of carboxylic acid groups (broad SMARTS) is 1. The summed E-state index contributed by atoms with van der Waals surface area (Å²) in [6, 6.07) is 0.641. The third-order valence-corrected chi connectivity index (χ3v) is 4.08. The lowest BCUT2D eigenvalue weighted by molar-refractivity contribution is -0.145. The van der Waals surface area contributed by atoms with Crippen LogP contribution in [0.4, 0.5) is 0 Å². The zero-order valence-corrected chi connectivity index (χ0v) is 10.2. The van der Waals surface area contributed by atoms with Gasteiger partial charge in [-0.05, 0) is 38.6 Å². The van der Waals surface area contributed by atoms with Gasteiger partial charge in [-0.1, -0.05) is 6.92 Å². The van der Waals surface area contributed by atoms with Crippen LogP contribution in [0.1, 0.15) is 33.1 Å². The Morgan fingerprint density at radius 1 is 1.56 bits per heavy atom. The zero-order valence-electron chi connectivity index (χ0n) is 10.2. The third-order valence-electron chi connectivity index (χ3n) is 4.08. The minimum Gasteiger partial charge on any atom is -0.480 e. The van der Waals surface area contributed by atoms with Crippen LogP contribution in [0.25, 0.3) is 0 Å². The van der Waals surface area contributed by atoms with E-state index in [0.717, 1.165) is 12.5 Å². The molecule has 0 spiro atoms. The molecule has 2 N–H and O–H groups in total. The highest BCUT2D eigenvalue weighted by molar-refractivity contribution is 5.78. The van der Waals surface area contributed by atoms with Crippen LogP contribution in [0.5, 0.6) is 0 Å². The van der Waals surface area contributed by atoms with E-state index in [1.54, 1.807) is 6.92 Å². The van der Waals surface area contributed by atoms with Gasteiger partial charge in [-0.25, -0.2) is 0 Å². The van der Waals surface area contributed by atoms with Crippen LogP contribution in [0, 0.1) is 5.92 Å². The van der Waals surface area contributed by atoms with Gasteiger partial charge in [0.2, 0.25) is 0 Å². The summed E-state index contributed by atoms with van der Waals surface area (Å²) in [6.45, 7) is 6.18. The van der Waals surface area contributed by atoms with Crippen molar-refractivity contribution in [3.05, 3.63) is 0 Å². The summed E-state index contributed by atoms with van der Waals surface area (Å²) in [6.07, 6.45) is 3.88. The van der Waals surface area contributed by atoms with Gasteiger partial charge in [0.25, 0.3) is 0 Å². The normalized spacial score (nSPS) is 32.9. The van der Waals surface area contributed by atoms with E-state index < -0.39 is 11.5 Å². The minimum absolute atomic E-state index is 0.636. The lowest BCUT2D eigenvalue weighted by Gasteiger charge is -2.35. The highest BCUT2D eigenvalue weighted by Crippen LogP contribution is 2.37. The van der Waals surface area contributed by atoms with Crippen molar-refractivity contribution in [3.63, 3.8) is 0 Å². The fourth-order valence-corrected chi connectivity index (χ4v) is 3.22. The zero-order chi connectivity index (χ0) is 11.8. The van der Waals surface area contributed by atoms with Crippen molar-refractivity contribution >= 4 is 5.97 Å².